The first-order valence-corrected chi connectivity index (χ1v) is 8.35. The number of rotatable bonds is 5. The topological polar surface area (TPSA) is 29.3 Å². The zero-order chi connectivity index (χ0) is 14.4. The minimum atomic E-state index is 0.183. The largest absolute Gasteiger partial charge is 0.372 e. The number of anilines is 1. The van der Waals surface area contributed by atoms with Crippen molar-refractivity contribution in [1.82, 2.24) is 0 Å². The van der Waals surface area contributed by atoms with Crippen molar-refractivity contribution in [2.24, 2.45) is 11.7 Å². The van der Waals surface area contributed by atoms with Crippen molar-refractivity contribution in [3.63, 3.8) is 0 Å². The van der Waals surface area contributed by atoms with Gasteiger partial charge in [0.2, 0.25) is 0 Å². The summed E-state index contributed by atoms with van der Waals surface area (Å²) in [6.45, 7) is 6.86. The molecule has 1 heterocycles. The molecule has 0 bridgehead atoms. The number of hydrogen-bond donors (Lipinski definition) is 1. The van der Waals surface area contributed by atoms with Crippen LogP contribution in [0.25, 0.3) is 0 Å². The van der Waals surface area contributed by atoms with Crippen molar-refractivity contribution in [3.8, 4) is 0 Å². The van der Waals surface area contributed by atoms with Crippen LogP contribution in [-0.4, -0.2) is 13.1 Å². The first-order valence-electron chi connectivity index (χ1n) is 8.35. The average Bonchev–Trinajstić information content (AvgIpc) is 2.73. The maximum Gasteiger partial charge on any atom is 0.0366 e. The summed E-state index contributed by atoms with van der Waals surface area (Å²) in [5.74, 6) is 0.942. The Morgan fingerprint density at radius 2 is 1.90 bits per heavy atom. The van der Waals surface area contributed by atoms with E-state index in [0.717, 1.165) is 12.3 Å². The molecule has 0 radical (unpaired) electrons. The second-order valence-electron chi connectivity index (χ2n) is 6.18. The second-order valence-corrected chi connectivity index (χ2v) is 6.18. The summed E-state index contributed by atoms with van der Waals surface area (Å²) in [5.41, 5.74) is 8.71. The Morgan fingerprint density at radius 1 is 1.15 bits per heavy atom. The maximum atomic E-state index is 6.09. The molecule has 1 aromatic rings. The zero-order valence-corrected chi connectivity index (χ0v) is 13.1. The minimum Gasteiger partial charge on any atom is -0.372 e. The van der Waals surface area contributed by atoms with E-state index in [9.17, 15) is 0 Å². The van der Waals surface area contributed by atoms with Crippen molar-refractivity contribution in [2.45, 2.75) is 58.4 Å². The van der Waals surface area contributed by atoms with Gasteiger partial charge in [-0.3, -0.25) is 0 Å². The van der Waals surface area contributed by atoms with Gasteiger partial charge in [-0.2, -0.15) is 0 Å². The van der Waals surface area contributed by atoms with Gasteiger partial charge in [-0.25, -0.2) is 0 Å². The minimum absolute atomic E-state index is 0.183. The van der Waals surface area contributed by atoms with E-state index in [1.54, 1.807) is 0 Å². The molecular weight excluding hydrogens is 244 g/mol. The number of benzene rings is 1. The summed E-state index contributed by atoms with van der Waals surface area (Å²) in [6.07, 6.45) is 7.82. The molecule has 1 fully saturated rings. The van der Waals surface area contributed by atoms with Crippen LogP contribution in [0.2, 0.25) is 0 Å². The predicted molar refractivity (Wildman–Crippen MR) is 88.1 cm³/mol. The van der Waals surface area contributed by atoms with Crippen LogP contribution in [0, 0.1) is 5.92 Å². The molecule has 112 valence electrons. The average molecular weight is 274 g/mol. The Kier molecular flexibility index (Phi) is 5.90. The van der Waals surface area contributed by atoms with Gasteiger partial charge >= 0.3 is 0 Å². The first-order chi connectivity index (χ1) is 9.74. The van der Waals surface area contributed by atoms with Crippen LogP contribution in [0.1, 0.15) is 64.0 Å². The fourth-order valence-electron chi connectivity index (χ4n) is 3.29. The summed E-state index contributed by atoms with van der Waals surface area (Å²) in [7, 11) is 0. The van der Waals surface area contributed by atoms with E-state index < -0.39 is 0 Å². The van der Waals surface area contributed by atoms with Crippen LogP contribution in [0.4, 0.5) is 5.69 Å². The quantitative estimate of drug-likeness (QED) is 0.856. The van der Waals surface area contributed by atoms with E-state index in [-0.39, 0.29) is 6.04 Å². The molecule has 0 saturated carbocycles. The van der Waals surface area contributed by atoms with E-state index in [2.05, 4.69) is 43.0 Å². The molecule has 0 spiro atoms. The molecule has 2 heteroatoms. The molecular formula is C18H30N2. The summed E-state index contributed by atoms with van der Waals surface area (Å²) < 4.78 is 0. The highest BCUT2D eigenvalue weighted by Gasteiger charge is 2.16. The zero-order valence-electron chi connectivity index (χ0n) is 13.1. The molecule has 20 heavy (non-hydrogen) atoms. The number of nitrogens with two attached hydrogens (primary N) is 1. The molecule has 1 saturated heterocycles. The summed E-state index contributed by atoms with van der Waals surface area (Å²) in [4.78, 5) is 2.55. The Balaban J connectivity index is 1.97. The molecule has 0 amide bonds. The lowest BCUT2D eigenvalue weighted by atomic mass is 9.96. The molecule has 1 aliphatic rings. The van der Waals surface area contributed by atoms with Gasteiger partial charge in [0.05, 0.1) is 0 Å². The number of nitrogens with zero attached hydrogens (tertiary/aromatic N) is 1. The van der Waals surface area contributed by atoms with Gasteiger partial charge in [0.15, 0.2) is 0 Å². The van der Waals surface area contributed by atoms with Crippen molar-refractivity contribution in [1.29, 1.82) is 0 Å². The van der Waals surface area contributed by atoms with E-state index in [1.165, 1.54) is 56.4 Å². The molecule has 2 rings (SSSR count). The standard InChI is InChI=1S/C18H30N2/c1-3-6-15-7-5-13-20(14-12-15)17-10-8-16(9-11-17)18(19)4-2/h8-11,15,18H,3-7,12-14,19H2,1-2H3/t15?,18-/m1/s1. The Bertz CT molecular complexity index is 385. The third-order valence-corrected chi connectivity index (χ3v) is 4.67. The molecule has 2 atom stereocenters. The highest BCUT2D eigenvalue weighted by atomic mass is 15.1. The fourth-order valence-corrected chi connectivity index (χ4v) is 3.29. The Hall–Kier alpha value is -1.02. The summed E-state index contributed by atoms with van der Waals surface area (Å²) in [6, 6.07) is 9.10. The van der Waals surface area contributed by atoms with Crippen LogP contribution in [0.5, 0.6) is 0 Å². The van der Waals surface area contributed by atoms with Crippen molar-refractivity contribution >= 4 is 5.69 Å². The highest BCUT2D eigenvalue weighted by molar-refractivity contribution is 5.48. The van der Waals surface area contributed by atoms with Gasteiger partial charge in [-0.15, -0.1) is 0 Å². The molecule has 2 nitrogen and oxygen atoms in total. The van der Waals surface area contributed by atoms with Crippen LogP contribution in [0.15, 0.2) is 24.3 Å². The second kappa shape index (κ2) is 7.68. The van der Waals surface area contributed by atoms with Crippen LogP contribution >= 0.6 is 0 Å². The van der Waals surface area contributed by atoms with E-state index in [1.807, 2.05) is 0 Å². The number of hydrogen-bond acceptors (Lipinski definition) is 2. The van der Waals surface area contributed by atoms with E-state index in [4.69, 9.17) is 5.73 Å². The molecule has 1 aliphatic heterocycles. The molecule has 1 aromatic carbocycles. The fraction of sp³-hybridized carbons (Fsp3) is 0.667. The molecule has 1 unspecified atom stereocenters. The van der Waals surface area contributed by atoms with Gasteiger partial charge in [-0.1, -0.05) is 38.8 Å². The molecule has 0 aromatic heterocycles. The van der Waals surface area contributed by atoms with Gasteiger partial charge in [0.25, 0.3) is 0 Å². The van der Waals surface area contributed by atoms with Crippen LogP contribution in [-0.2, 0) is 0 Å². The summed E-state index contributed by atoms with van der Waals surface area (Å²) >= 11 is 0. The highest BCUT2D eigenvalue weighted by Crippen LogP contribution is 2.26. The lowest BCUT2D eigenvalue weighted by molar-refractivity contribution is 0.435. The van der Waals surface area contributed by atoms with Gasteiger partial charge < -0.3 is 10.6 Å². The van der Waals surface area contributed by atoms with E-state index >= 15 is 0 Å². The smallest absolute Gasteiger partial charge is 0.0366 e. The lowest BCUT2D eigenvalue weighted by Gasteiger charge is -2.23. The van der Waals surface area contributed by atoms with Gasteiger partial charge in [0, 0.05) is 24.8 Å². The van der Waals surface area contributed by atoms with Crippen molar-refractivity contribution in [2.75, 3.05) is 18.0 Å². The van der Waals surface area contributed by atoms with Crippen LogP contribution in [0.3, 0.4) is 0 Å². The first kappa shape index (κ1) is 15.4. The molecule has 2 N–H and O–H groups in total. The molecule has 0 aliphatic carbocycles. The van der Waals surface area contributed by atoms with Crippen molar-refractivity contribution < 1.29 is 0 Å². The van der Waals surface area contributed by atoms with Crippen molar-refractivity contribution in [3.05, 3.63) is 29.8 Å². The van der Waals surface area contributed by atoms with Gasteiger partial charge in [-0.05, 0) is 49.3 Å². The SMILES string of the molecule is CCCC1CCCN(c2ccc([C@H](N)CC)cc2)CC1. The maximum absolute atomic E-state index is 6.09. The van der Waals surface area contributed by atoms with E-state index in [0.29, 0.717) is 0 Å². The third-order valence-electron chi connectivity index (χ3n) is 4.67. The monoisotopic (exact) mass is 274 g/mol. The van der Waals surface area contributed by atoms with Crippen LogP contribution < -0.4 is 10.6 Å². The van der Waals surface area contributed by atoms with Gasteiger partial charge in [0.1, 0.15) is 0 Å². The predicted octanol–water partition coefficient (Wildman–Crippen LogP) is 4.50. The Morgan fingerprint density at radius 3 is 2.55 bits per heavy atom. The Labute approximate surface area is 124 Å². The normalized spacial score (nSPS) is 21.6. The third kappa shape index (κ3) is 3.99. The summed E-state index contributed by atoms with van der Waals surface area (Å²) in [5, 5.41) is 0. The lowest BCUT2D eigenvalue weighted by Crippen LogP contribution is -2.24.